The van der Waals surface area contributed by atoms with E-state index in [0.29, 0.717) is 30.8 Å². The van der Waals surface area contributed by atoms with Crippen molar-refractivity contribution in [3.63, 3.8) is 0 Å². The van der Waals surface area contributed by atoms with E-state index in [4.69, 9.17) is 5.73 Å². The molecule has 1 saturated carbocycles. The summed E-state index contributed by atoms with van der Waals surface area (Å²) >= 11 is 0. The molecule has 2 rings (SSSR count). The van der Waals surface area contributed by atoms with Crippen LogP contribution in [0.3, 0.4) is 0 Å². The van der Waals surface area contributed by atoms with E-state index in [1.54, 1.807) is 0 Å². The number of amides is 1. The SMILES string of the molecule is CC(C1CC1)N1CC(CN)CC1=O. The first kappa shape index (κ1) is 9.00. The van der Waals surface area contributed by atoms with Crippen molar-refractivity contribution in [3.05, 3.63) is 0 Å². The summed E-state index contributed by atoms with van der Waals surface area (Å²) in [5.74, 6) is 1.50. The number of carbonyl (C=O) groups excluding carboxylic acids is 1. The van der Waals surface area contributed by atoms with Crippen LogP contribution in [0, 0.1) is 11.8 Å². The van der Waals surface area contributed by atoms with Crippen LogP contribution in [0.5, 0.6) is 0 Å². The van der Waals surface area contributed by atoms with Gasteiger partial charge in [-0.3, -0.25) is 4.79 Å². The molecule has 0 radical (unpaired) electrons. The Morgan fingerprint density at radius 1 is 1.62 bits per heavy atom. The van der Waals surface area contributed by atoms with Crippen molar-refractivity contribution in [3.8, 4) is 0 Å². The molecule has 0 spiro atoms. The molecule has 0 aromatic heterocycles. The van der Waals surface area contributed by atoms with E-state index < -0.39 is 0 Å². The molecule has 1 heterocycles. The number of rotatable bonds is 3. The van der Waals surface area contributed by atoms with Crippen LogP contribution in [-0.4, -0.2) is 29.9 Å². The van der Waals surface area contributed by atoms with Crippen LogP contribution in [0.4, 0.5) is 0 Å². The normalized spacial score (nSPS) is 31.1. The van der Waals surface area contributed by atoms with Gasteiger partial charge in [0, 0.05) is 19.0 Å². The van der Waals surface area contributed by atoms with E-state index in [-0.39, 0.29) is 0 Å². The second-order valence-electron chi connectivity index (χ2n) is 4.43. The molecule has 1 saturated heterocycles. The fourth-order valence-electron chi connectivity index (χ4n) is 2.19. The predicted octanol–water partition coefficient (Wildman–Crippen LogP) is 0.592. The minimum atomic E-state index is 0.315. The van der Waals surface area contributed by atoms with Gasteiger partial charge in [-0.15, -0.1) is 0 Å². The Bertz CT molecular complexity index is 213. The average Bonchev–Trinajstić information content (AvgIpc) is 2.89. The van der Waals surface area contributed by atoms with E-state index in [0.717, 1.165) is 12.5 Å². The number of hydrogen-bond donors (Lipinski definition) is 1. The smallest absolute Gasteiger partial charge is 0.223 e. The van der Waals surface area contributed by atoms with Gasteiger partial charge in [-0.2, -0.15) is 0 Å². The van der Waals surface area contributed by atoms with Gasteiger partial charge in [0.25, 0.3) is 0 Å². The maximum atomic E-state index is 11.6. The Kier molecular flexibility index (Phi) is 2.28. The second-order valence-corrected chi connectivity index (χ2v) is 4.43. The molecular weight excluding hydrogens is 164 g/mol. The van der Waals surface area contributed by atoms with Gasteiger partial charge in [0.2, 0.25) is 5.91 Å². The fraction of sp³-hybridized carbons (Fsp3) is 0.900. The van der Waals surface area contributed by atoms with Gasteiger partial charge in [-0.05, 0) is 38.1 Å². The third kappa shape index (κ3) is 1.70. The first-order valence-electron chi connectivity index (χ1n) is 5.22. The molecule has 1 aliphatic heterocycles. The summed E-state index contributed by atoms with van der Waals surface area (Å²) in [5.41, 5.74) is 5.57. The molecule has 2 atom stereocenters. The van der Waals surface area contributed by atoms with Crippen molar-refractivity contribution in [2.75, 3.05) is 13.1 Å². The second kappa shape index (κ2) is 3.29. The topological polar surface area (TPSA) is 46.3 Å². The largest absolute Gasteiger partial charge is 0.339 e. The van der Waals surface area contributed by atoms with Gasteiger partial charge < -0.3 is 10.6 Å². The molecule has 74 valence electrons. The number of hydrogen-bond acceptors (Lipinski definition) is 2. The van der Waals surface area contributed by atoms with Crippen LogP contribution >= 0.6 is 0 Å². The van der Waals surface area contributed by atoms with Crippen LogP contribution in [0.2, 0.25) is 0 Å². The Morgan fingerprint density at radius 2 is 2.31 bits per heavy atom. The van der Waals surface area contributed by atoms with Gasteiger partial charge in [-0.1, -0.05) is 0 Å². The maximum absolute atomic E-state index is 11.6. The number of likely N-dealkylation sites (tertiary alicyclic amines) is 1. The highest BCUT2D eigenvalue weighted by atomic mass is 16.2. The summed E-state index contributed by atoms with van der Waals surface area (Å²) in [6, 6.07) is 0.462. The van der Waals surface area contributed by atoms with Crippen molar-refractivity contribution in [1.82, 2.24) is 4.90 Å². The quantitative estimate of drug-likeness (QED) is 0.694. The molecule has 2 unspecified atom stereocenters. The summed E-state index contributed by atoms with van der Waals surface area (Å²) in [4.78, 5) is 13.6. The average molecular weight is 182 g/mol. The number of nitrogens with zero attached hydrogens (tertiary/aromatic N) is 1. The Balaban J connectivity index is 1.95. The fourth-order valence-corrected chi connectivity index (χ4v) is 2.19. The zero-order valence-corrected chi connectivity index (χ0v) is 8.20. The summed E-state index contributed by atoms with van der Waals surface area (Å²) in [5, 5.41) is 0. The van der Waals surface area contributed by atoms with Crippen molar-refractivity contribution in [1.29, 1.82) is 0 Å². The third-order valence-electron chi connectivity index (χ3n) is 3.37. The lowest BCUT2D eigenvalue weighted by Gasteiger charge is -2.24. The highest BCUT2D eigenvalue weighted by Crippen LogP contribution is 2.37. The molecule has 1 amide bonds. The number of carbonyl (C=O) groups is 1. The van der Waals surface area contributed by atoms with E-state index >= 15 is 0 Å². The van der Waals surface area contributed by atoms with Gasteiger partial charge in [0.05, 0.1) is 0 Å². The van der Waals surface area contributed by atoms with Crippen molar-refractivity contribution >= 4 is 5.91 Å². The molecular formula is C10H18N2O. The van der Waals surface area contributed by atoms with Crippen LogP contribution in [-0.2, 0) is 4.79 Å². The molecule has 3 nitrogen and oxygen atoms in total. The highest BCUT2D eigenvalue weighted by Gasteiger charge is 2.38. The molecule has 2 N–H and O–H groups in total. The van der Waals surface area contributed by atoms with Gasteiger partial charge >= 0.3 is 0 Å². The molecule has 0 bridgehead atoms. The zero-order chi connectivity index (χ0) is 9.42. The Hall–Kier alpha value is -0.570. The van der Waals surface area contributed by atoms with E-state index in [1.165, 1.54) is 12.8 Å². The van der Waals surface area contributed by atoms with E-state index in [1.807, 2.05) is 4.90 Å². The first-order valence-corrected chi connectivity index (χ1v) is 5.22. The summed E-state index contributed by atoms with van der Waals surface area (Å²) < 4.78 is 0. The third-order valence-corrected chi connectivity index (χ3v) is 3.37. The lowest BCUT2D eigenvalue weighted by atomic mass is 10.1. The standard InChI is InChI=1S/C10H18N2O/c1-7(9-2-3-9)12-6-8(5-11)4-10(12)13/h7-9H,2-6,11H2,1H3. The van der Waals surface area contributed by atoms with Crippen LogP contribution in [0.1, 0.15) is 26.2 Å². The summed E-state index contributed by atoms with van der Waals surface area (Å²) in [6.07, 6.45) is 3.28. The summed E-state index contributed by atoms with van der Waals surface area (Å²) in [6.45, 7) is 3.72. The minimum Gasteiger partial charge on any atom is -0.339 e. The van der Waals surface area contributed by atoms with E-state index in [2.05, 4.69) is 6.92 Å². The first-order chi connectivity index (χ1) is 6.22. The molecule has 2 fully saturated rings. The molecule has 0 aromatic carbocycles. The van der Waals surface area contributed by atoms with Crippen LogP contribution in [0.25, 0.3) is 0 Å². The van der Waals surface area contributed by atoms with Crippen molar-refractivity contribution < 1.29 is 4.79 Å². The van der Waals surface area contributed by atoms with E-state index in [9.17, 15) is 4.79 Å². The zero-order valence-electron chi connectivity index (χ0n) is 8.20. The van der Waals surface area contributed by atoms with Gasteiger partial charge in [0.1, 0.15) is 0 Å². The van der Waals surface area contributed by atoms with Crippen molar-refractivity contribution in [2.45, 2.75) is 32.2 Å². The lowest BCUT2D eigenvalue weighted by Crippen LogP contribution is -2.36. The molecule has 1 aliphatic carbocycles. The summed E-state index contributed by atoms with van der Waals surface area (Å²) in [7, 11) is 0. The monoisotopic (exact) mass is 182 g/mol. The highest BCUT2D eigenvalue weighted by molar-refractivity contribution is 5.79. The Labute approximate surface area is 79.3 Å². The maximum Gasteiger partial charge on any atom is 0.223 e. The molecule has 0 aromatic rings. The minimum absolute atomic E-state index is 0.315. The predicted molar refractivity (Wildman–Crippen MR) is 51.1 cm³/mol. The lowest BCUT2D eigenvalue weighted by molar-refractivity contribution is -0.129. The molecule has 13 heavy (non-hydrogen) atoms. The Morgan fingerprint density at radius 3 is 2.77 bits per heavy atom. The molecule has 3 heteroatoms. The van der Waals surface area contributed by atoms with Crippen LogP contribution < -0.4 is 5.73 Å². The van der Waals surface area contributed by atoms with Crippen LogP contribution in [0.15, 0.2) is 0 Å². The van der Waals surface area contributed by atoms with Crippen molar-refractivity contribution in [2.24, 2.45) is 17.6 Å². The van der Waals surface area contributed by atoms with Gasteiger partial charge in [-0.25, -0.2) is 0 Å². The molecule has 2 aliphatic rings. The number of nitrogens with two attached hydrogens (primary N) is 1. The van der Waals surface area contributed by atoms with Gasteiger partial charge in [0.15, 0.2) is 0 Å².